The number of hydrogen-bond donors (Lipinski definition) is 5. The van der Waals surface area contributed by atoms with Crippen molar-refractivity contribution in [2.75, 3.05) is 6.54 Å². The van der Waals surface area contributed by atoms with E-state index in [0.29, 0.717) is 11.1 Å². The van der Waals surface area contributed by atoms with Gasteiger partial charge in [0.25, 0.3) is 17.4 Å². The van der Waals surface area contributed by atoms with Crippen LogP contribution in [-0.2, 0) is 4.79 Å². The molecule has 0 aliphatic carbocycles. The first-order chi connectivity index (χ1) is 16.3. The Morgan fingerprint density at radius 3 is 2.26 bits per heavy atom. The van der Waals surface area contributed by atoms with Gasteiger partial charge in [-0.25, -0.2) is 9.78 Å². The smallest absolute Gasteiger partial charge is 0.334 e. The average molecular weight is 461 g/mol. The van der Waals surface area contributed by atoms with Gasteiger partial charge in [-0.05, 0) is 23.3 Å². The fourth-order valence-corrected chi connectivity index (χ4v) is 3.00. The highest BCUT2D eigenvalue weighted by atomic mass is 16.4. The fraction of sp³-hybridized carbons (Fsp3) is 0.130. The van der Waals surface area contributed by atoms with Gasteiger partial charge in [-0.15, -0.1) is 0 Å². The number of carboxylic acid groups (broad SMARTS) is 1. The highest BCUT2D eigenvalue weighted by molar-refractivity contribution is 5.95. The largest absolute Gasteiger partial charge is 0.479 e. The number of aromatic nitrogens is 2. The highest BCUT2D eigenvalue weighted by Gasteiger charge is 2.22. The number of carbonyl (C=O) groups excluding carboxylic acids is 2. The number of aromatic amines is 1. The lowest BCUT2D eigenvalue weighted by molar-refractivity contribution is -0.146. The van der Waals surface area contributed by atoms with Crippen molar-refractivity contribution >= 4 is 17.8 Å². The van der Waals surface area contributed by atoms with Crippen molar-refractivity contribution in [2.24, 2.45) is 0 Å². The topological polar surface area (TPSA) is 185 Å². The van der Waals surface area contributed by atoms with Crippen LogP contribution < -0.4 is 16.2 Å². The molecule has 0 aliphatic heterocycles. The number of carbonyl (C=O) groups is 3. The summed E-state index contributed by atoms with van der Waals surface area (Å²) in [6.07, 6.45) is -0.893. The van der Waals surface area contributed by atoms with E-state index >= 15 is 0 Å². The van der Waals surface area contributed by atoms with E-state index in [4.69, 9.17) is 10.4 Å². The van der Waals surface area contributed by atoms with Gasteiger partial charge in [0.15, 0.2) is 11.9 Å². The maximum Gasteiger partial charge on any atom is 0.334 e. The molecule has 0 radical (unpaired) electrons. The van der Waals surface area contributed by atoms with Gasteiger partial charge in [-0.3, -0.25) is 14.4 Å². The number of nitrogens with one attached hydrogen (secondary N) is 3. The zero-order chi connectivity index (χ0) is 24.7. The predicted molar refractivity (Wildman–Crippen MR) is 118 cm³/mol. The molecule has 0 saturated heterocycles. The van der Waals surface area contributed by atoms with E-state index in [-0.39, 0.29) is 5.56 Å². The van der Waals surface area contributed by atoms with Crippen LogP contribution in [0.3, 0.4) is 0 Å². The molecule has 2 aromatic carbocycles. The summed E-state index contributed by atoms with van der Waals surface area (Å²) in [5.41, 5.74) is 0.626. The monoisotopic (exact) mass is 461 g/mol. The molecule has 0 bridgehead atoms. The standard InChI is InChI=1S/C23H19N5O6/c24-10-13-6-8-15(9-7-13)18(14-4-2-1-3-5-14)27-20(30)16-11-25-19(28-21(16)31)22(32)26-12-17(29)23(33)34/h1-9,11,17-18,29H,12H2,(H,26,32)(H,27,30)(H,33,34)(H,25,28,31)/t17-,18?/m0/s1. The van der Waals surface area contributed by atoms with Crippen LogP contribution in [0.5, 0.6) is 0 Å². The third-order valence-corrected chi connectivity index (χ3v) is 4.78. The summed E-state index contributed by atoms with van der Waals surface area (Å²) >= 11 is 0. The van der Waals surface area contributed by atoms with Crippen LogP contribution in [0.15, 0.2) is 65.6 Å². The van der Waals surface area contributed by atoms with Crippen molar-refractivity contribution in [3.63, 3.8) is 0 Å². The highest BCUT2D eigenvalue weighted by Crippen LogP contribution is 2.22. The number of H-pyrrole nitrogens is 1. The molecule has 11 heteroatoms. The summed E-state index contributed by atoms with van der Waals surface area (Å²) in [5, 5.41) is 31.8. The number of aliphatic hydroxyl groups excluding tert-OH is 1. The number of nitriles is 1. The molecule has 2 amide bonds. The Morgan fingerprint density at radius 1 is 1.03 bits per heavy atom. The van der Waals surface area contributed by atoms with Crippen LogP contribution in [0.2, 0.25) is 0 Å². The normalized spacial score (nSPS) is 12.1. The third-order valence-electron chi connectivity index (χ3n) is 4.78. The molecule has 1 aromatic heterocycles. The van der Waals surface area contributed by atoms with Crippen LogP contribution in [0.1, 0.15) is 43.7 Å². The third kappa shape index (κ3) is 5.70. The van der Waals surface area contributed by atoms with Gasteiger partial charge < -0.3 is 25.8 Å². The molecule has 0 aliphatic rings. The number of carboxylic acids is 1. The first-order valence-corrected chi connectivity index (χ1v) is 9.94. The minimum atomic E-state index is -1.82. The molecule has 0 saturated carbocycles. The summed E-state index contributed by atoms with van der Waals surface area (Å²) in [6, 6.07) is 17.0. The van der Waals surface area contributed by atoms with Gasteiger partial charge in [-0.2, -0.15) is 5.26 Å². The average Bonchev–Trinajstić information content (AvgIpc) is 2.85. The van der Waals surface area contributed by atoms with Gasteiger partial charge in [0, 0.05) is 6.20 Å². The second-order valence-electron chi connectivity index (χ2n) is 7.09. The molecule has 3 aromatic rings. The SMILES string of the molecule is N#Cc1ccc(C(NC(=O)c2cnc(C(=O)NC[C@H](O)C(=O)O)[nH]c2=O)c2ccccc2)cc1. The minimum absolute atomic E-state index is 0.350. The lowest BCUT2D eigenvalue weighted by Gasteiger charge is -2.20. The summed E-state index contributed by atoms with van der Waals surface area (Å²) in [6.45, 7) is -0.594. The van der Waals surface area contributed by atoms with Crippen molar-refractivity contribution in [3.05, 3.63) is 99.2 Å². The van der Waals surface area contributed by atoms with E-state index in [9.17, 15) is 24.3 Å². The number of rotatable bonds is 8. The number of aliphatic carboxylic acids is 1. The lowest BCUT2D eigenvalue weighted by Crippen LogP contribution is -2.38. The zero-order valence-corrected chi connectivity index (χ0v) is 17.6. The molecule has 0 spiro atoms. The number of aliphatic hydroxyl groups is 1. The molecular formula is C23H19N5O6. The Labute approximate surface area is 192 Å². The first-order valence-electron chi connectivity index (χ1n) is 9.94. The summed E-state index contributed by atoms with van der Waals surface area (Å²) in [5.74, 6) is -3.65. The predicted octanol–water partition coefficient (Wildman–Crippen LogP) is 0.336. The lowest BCUT2D eigenvalue weighted by atomic mass is 9.97. The van der Waals surface area contributed by atoms with Gasteiger partial charge in [0.2, 0.25) is 0 Å². The maximum atomic E-state index is 12.9. The van der Waals surface area contributed by atoms with E-state index in [0.717, 1.165) is 11.8 Å². The first kappa shape index (κ1) is 23.8. The van der Waals surface area contributed by atoms with Crippen molar-refractivity contribution in [1.82, 2.24) is 20.6 Å². The number of hydrogen-bond acceptors (Lipinski definition) is 7. The number of nitrogens with zero attached hydrogens (tertiary/aromatic N) is 2. The van der Waals surface area contributed by atoms with Gasteiger partial charge >= 0.3 is 5.97 Å². The van der Waals surface area contributed by atoms with Gasteiger partial charge in [-0.1, -0.05) is 42.5 Å². The Bertz CT molecular complexity index is 1300. The Balaban J connectivity index is 1.81. The van der Waals surface area contributed by atoms with E-state index < -0.39 is 47.9 Å². The van der Waals surface area contributed by atoms with E-state index in [1.807, 2.05) is 12.1 Å². The number of amides is 2. The maximum absolute atomic E-state index is 12.9. The zero-order valence-electron chi connectivity index (χ0n) is 17.6. The molecule has 5 N–H and O–H groups in total. The van der Waals surface area contributed by atoms with Gasteiger partial charge in [0.1, 0.15) is 5.56 Å². The van der Waals surface area contributed by atoms with Crippen LogP contribution in [0.4, 0.5) is 0 Å². The molecule has 3 rings (SSSR count). The van der Waals surface area contributed by atoms with Crippen molar-refractivity contribution in [1.29, 1.82) is 5.26 Å². The minimum Gasteiger partial charge on any atom is -0.479 e. The second kappa shape index (κ2) is 10.7. The molecule has 1 unspecified atom stereocenters. The number of benzene rings is 2. The Hall–Kier alpha value is -4.82. The summed E-state index contributed by atoms with van der Waals surface area (Å²) in [7, 11) is 0. The molecule has 2 atom stereocenters. The van der Waals surface area contributed by atoms with Crippen LogP contribution in [-0.4, -0.2) is 50.6 Å². The Kier molecular flexibility index (Phi) is 7.48. The molecule has 172 valence electrons. The van der Waals surface area contributed by atoms with E-state index in [1.165, 1.54) is 0 Å². The molecule has 34 heavy (non-hydrogen) atoms. The van der Waals surface area contributed by atoms with Crippen LogP contribution in [0.25, 0.3) is 0 Å². The van der Waals surface area contributed by atoms with Crippen molar-refractivity contribution in [2.45, 2.75) is 12.1 Å². The second-order valence-corrected chi connectivity index (χ2v) is 7.09. The quantitative estimate of drug-likeness (QED) is 0.318. The molecule has 1 heterocycles. The fourth-order valence-electron chi connectivity index (χ4n) is 3.00. The molecule has 11 nitrogen and oxygen atoms in total. The Morgan fingerprint density at radius 2 is 1.68 bits per heavy atom. The van der Waals surface area contributed by atoms with Crippen LogP contribution >= 0.6 is 0 Å². The van der Waals surface area contributed by atoms with Crippen molar-refractivity contribution in [3.8, 4) is 6.07 Å². The molecule has 0 fully saturated rings. The van der Waals surface area contributed by atoms with E-state index in [1.54, 1.807) is 48.5 Å². The molecular weight excluding hydrogens is 442 g/mol. The summed E-state index contributed by atoms with van der Waals surface area (Å²) < 4.78 is 0. The van der Waals surface area contributed by atoms with Gasteiger partial charge in [0.05, 0.1) is 24.2 Å². The van der Waals surface area contributed by atoms with E-state index in [2.05, 4.69) is 20.6 Å². The van der Waals surface area contributed by atoms with Crippen LogP contribution in [0, 0.1) is 11.3 Å². The van der Waals surface area contributed by atoms with Crippen molar-refractivity contribution < 1.29 is 24.6 Å². The summed E-state index contributed by atoms with van der Waals surface area (Å²) in [4.78, 5) is 53.9.